The minimum Gasteiger partial charge on any atom is -0.457 e. The predicted molar refractivity (Wildman–Crippen MR) is 115 cm³/mol. The molecule has 1 saturated heterocycles. The second-order valence-corrected chi connectivity index (χ2v) is 8.78. The third kappa shape index (κ3) is 4.48. The first-order chi connectivity index (χ1) is 15.5. The van der Waals surface area contributed by atoms with Gasteiger partial charge in [-0.05, 0) is 69.7 Å². The molecule has 0 aromatic heterocycles. The summed E-state index contributed by atoms with van der Waals surface area (Å²) in [6.07, 6.45) is 0.140. The number of ether oxygens (including phenoxy) is 2. The van der Waals surface area contributed by atoms with Crippen molar-refractivity contribution < 1.29 is 33.4 Å². The summed E-state index contributed by atoms with van der Waals surface area (Å²) in [6.45, 7) is 5.34. The lowest BCUT2D eigenvalue weighted by Gasteiger charge is -2.27. The highest BCUT2D eigenvalue weighted by molar-refractivity contribution is 6.23. The van der Waals surface area contributed by atoms with Crippen LogP contribution in [0.25, 0.3) is 0 Å². The Bertz CT molecular complexity index is 1180. The van der Waals surface area contributed by atoms with Crippen molar-refractivity contribution in [2.45, 2.75) is 45.3 Å². The molecule has 2 aromatic rings. The molecule has 2 heterocycles. The van der Waals surface area contributed by atoms with Gasteiger partial charge in [0.25, 0.3) is 11.8 Å². The molecule has 1 unspecified atom stereocenters. The molecule has 1 fully saturated rings. The van der Waals surface area contributed by atoms with E-state index in [4.69, 9.17) is 9.47 Å². The Morgan fingerprint density at radius 1 is 0.939 bits per heavy atom. The van der Waals surface area contributed by atoms with Gasteiger partial charge in [0, 0.05) is 6.42 Å². The van der Waals surface area contributed by atoms with Gasteiger partial charge in [-0.1, -0.05) is 0 Å². The number of hydrogen-bond acceptors (Lipinski definition) is 7. The van der Waals surface area contributed by atoms with Gasteiger partial charge in [-0.3, -0.25) is 29.4 Å². The summed E-state index contributed by atoms with van der Waals surface area (Å²) in [7, 11) is 0. The topological polar surface area (TPSA) is 119 Å². The Labute approximate surface area is 189 Å². The van der Waals surface area contributed by atoms with E-state index < -0.39 is 41.2 Å². The van der Waals surface area contributed by atoms with E-state index in [1.807, 2.05) is 0 Å². The van der Waals surface area contributed by atoms with Crippen molar-refractivity contribution in [2.75, 3.05) is 0 Å². The lowest BCUT2D eigenvalue weighted by Crippen LogP contribution is -2.54. The second kappa shape index (κ2) is 8.16. The summed E-state index contributed by atoms with van der Waals surface area (Å²) < 4.78 is 11.1. The normalized spacial score (nSPS) is 18.2. The summed E-state index contributed by atoms with van der Waals surface area (Å²) >= 11 is 0. The van der Waals surface area contributed by atoms with Crippen LogP contribution < -0.4 is 10.1 Å². The highest BCUT2D eigenvalue weighted by Crippen LogP contribution is 2.32. The Kier molecular flexibility index (Phi) is 5.49. The van der Waals surface area contributed by atoms with Crippen molar-refractivity contribution in [1.29, 1.82) is 0 Å². The molecule has 1 N–H and O–H groups in total. The van der Waals surface area contributed by atoms with Crippen LogP contribution in [0.5, 0.6) is 11.5 Å². The van der Waals surface area contributed by atoms with Gasteiger partial charge in [0.15, 0.2) is 0 Å². The number of carbonyl (C=O) groups is 5. The van der Waals surface area contributed by atoms with Gasteiger partial charge in [0.05, 0.1) is 16.7 Å². The molecule has 2 aromatic carbocycles. The van der Waals surface area contributed by atoms with E-state index >= 15 is 0 Å². The molecule has 9 nitrogen and oxygen atoms in total. The van der Waals surface area contributed by atoms with E-state index in [-0.39, 0.29) is 24.0 Å². The number of nitrogens with zero attached hydrogens (tertiary/aromatic N) is 1. The molecule has 9 heteroatoms. The summed E-state index contributed by atoms with van der Waals surface area (Å²) in [5, 5.41) is 2.16. The molecule has 33 heavy (non-hydrogen) atoms. The van der Waals surface area contributed by atoms with Crippen LogP contribution in [-0.4, -0.2) is 46.1 Å². The number of piperidine rings is 1. The van der Waals surface area contributed by atoms with Crippen molar-refractivity contribution in [3.05, 3.63) is 59.2 Å². The number of carbonyl (C=O) groups excluding carboxylic acids is 5. The largest absolute Gasteiger partial charge is 0.457 e. The lowest BCUT2D eigenvalue weighted by molar-refractivity contribution is -0.136. The molecule has 170 valence electrons. The molecule has 0 aliphatic carbocycles. The first-order valence-electron chi connectivity index (χ1n) is 10.4. The van der Waals surface area contributed by atoms with Crippen LogP contribution in [0.1, 0.15) is 64.7 Å². The first kappa shape index (κ1) is 22.2. The first-order valence-corrected chi connectivity index (χ1v) is 10.4. The molecular formula is C24H22N2O7. The van der Waals surface area contributed by atoms with Crippen molar-refractivity contribution in [1.82, 2.24) is 10.2 Å². The Balaban J connectivity index is 1.50. The Morgan fingerprint density at radius 3 is 2.21 bits per heavy atom. The zero-order valence-corrected chi connectivity index (χ0v) is 18.3. The lowest BCUT2D eigenvalue weighted by atomic mass is 10.0. The van der Waals surface area contributed by atoms with E-state index in [0.717, 1.165) is 4.90 Å². The molecule has 2 aliphatic rings. The monoisotopic (exact) mass is 450 g/mol. The van der Waals surface area contributed by atoms with Gasteiger partial charge in [0.2, 0.25) is 11.8 Å². The van der Waals surface area contributed by atoms with Crippen molar-refractivity contribution >= 4 is 29.6 Å². The molecule has 0 saturated carbocycles. The highest BCUT2D eigenvalue weighted by Gasteiger charge is 2.44. The fraction of sp³-hybridized carbons (Fsp3) is 0.292. The summed E-state index contributed by atoms with van der Waals surface area (Å²) in [6, 6.07) is 9.73. The van der Waals surface area contributed by atoms with E-state index in [0.29, 0.717) is 17.1 Å². The average Bonchev–Trinajstić information content (AvgIpc) is 2.97. The molecule has 1 atom stereocenters. The highest BCUT2D eigenvalue weighted by atomic mass is 16.6. The number of nitrogens with one attached hydrogen (secondary N) is 1. The van der Waals surface area contributed by atoms with Crippen LogP contribution >= 0.6 is 0 Å². The van der Waals surface area contributed by atoms with Crippen LogP contribution in [0.3, 0.4) is 0 Å². The predicted octanol–water partition coefficient (Wildman–Crippen LogP) is 2.84. The van der Waals surface area contributed by atoms with Gasteiger partial charge in [0.1, 0.15) is 23.1 Å². The third-order valence-electron chi connectivity index (χ3n) is 5.14. The molecular weight excluding hydrogens is 428 g/mol. The fourth-order valence-electron chi connectivity index (χ4n) is 3.65. The number of hydrogen-bond donors (Lipinski definition) is 1. The van der Waals surface area contributed by atoms with E-state index in [9.17, 15) is 24.0 Å². The zero-order chi connectivity index (χ0) is 23.9. The number of rotatable bonds is 4. The SMILES string of the molecule is CC(C)(C)OC(=O)c1ccc(Oc2ccc3c(c2)C(=O)N(C2CCC(=O)NC2=O)C3=O)cc1. The number of fused-ring (bicyclic) bond motifs is 1. The molecule has 2 aliphatic heterocycles. The number of benzene rings is 2. The minimum absolute atomic E-state index is 0.0530. The summed E-state index contributed by atoms with van der Waals surface area (Å²) in [4.78, 5) is 62.3. The van der Waals surface area contributed by atoms with Crippen LogP contribution in [-0.2, 0) is 14.3 Å². The van der Waals surface area contributed by atoms with Crippen molar-refractivity contribution in [2.24, 2.45) is 0 Å². The molecule has 4 amide bonds. The fourth-order valence-corrected chi connectivity index (χ4v) is 3.65. The molecule has 0 bridgehead atoms. The van der Waals surface area contributed by atoms with Gasteiger partial charge < -0.3 is 9.47 Å². The minimum atomic E-state index is -1.03. The van der Waals surface area contributed by atoms with E-state index in [1.165, 1.54) is 12.1 Å². The van der Waals surface area contributed by atoms with Crippen LogP contribution in [0.4, 0.5) is 0 Å². The van der Waals surface area contributed by atoms with Crippen LogP contribution in [0.2, 0.25) is 0 Å². The average molecular weight is 450 g/mol. The molecule has 0 spiro atoms. The maximum absolute atomic E-state index is 12.9. The number of amides is 4. The van der Waals surface area contributed by atoms with E-state index in [2.05, 4.69) is 5.32 Å². The smallest absolute Gasteiger partial charge is 0.338 e. The number of imide groups is 2. The Hall–Kier alpha value is -4.01. The summed E-state index contributed by atoms with van der Waals surface area (Å²) in [5.41, 5.74) is 0.0410. The standard InChI is InChI=1S/C24H22N2O7/c1-24(2,3)33-23(31)13-4-6-14(7-5-13)32-15-8-9-16-17(12-15)22(30)26(21(16)29)18-10-11-19(27)25-20(18)28/h4-9,12,18H,10-11H2,1-3H3,(H,25,27,28). The Morgan fingerprint density at radius 2 is 1.58 bits per heavy atom. The number of esters is 1. The van der Waals surface area contributed by atoms with E-state index in [1.54, 1.807) is 51.1 Å². The maximum atomic E-state index is 12.9. The van der Waals surface area contributed by atoms with Crippen molar-refractivity contribution in [3.8, 4) is 11.5 Å². The van der Waals surface area contributed by atoms with Gasteiger partial charge in [-0.2, -0.15) is 0 Å². The maximum Gasteiger partial charge on any atom is 0.338 e. The van der Waals surface area contributed by atoms with Crippen LogP contribution in [0.15, 0.2) is 42.5 Å². The van der Waals surface area contributed by atoms with Crippen LogP contribution in [0, 0.1) is 0 Å². The van der Waals surface area contributed by atoms with Gasteiger partial charge in [-0.15, -0.1) is 0 Å². The quantitative estimate of drug-likeness (QED) is 0.562. The second-order valence-electron chi connectivity index (χ2n) is 8.78. The van der Waals surface area contributed by atoms with Gasteiger partial charge in [-0.25, -0.2) is 4.79 Å². The molecule has 4 rings (SSSR count). The third-order valence-corrected chi connectivity index (χ3v) is 5.14. The summed E-state index contributed by atoms with van der Waals surface area (Å²) in [5.74, 6) is -2.02. The molecule has 0 radical (unpaired) electrons. The zero-order valence-electron chi connectivity index (χ0n) is 18.3. The van der Waals surface area contributed by atoms with Gasteiger partial charge >= 0.3 is 5.97 Å². The van der Waals surface area contributed by atoms with Crippen molar-refractivity contribution in [3.63, 3.8) is 0 Å².